The molecule has 0 fully saturated rings. The Morgan fingerprint density at radius 1 is 1.33 bits per heavy atom. The molecule has 0 aromatic carbocycles. The Balaban J connectivity index is 1.81. The average Bonchev–Trinajstić information content (AvgIpc) is 2.48. The number of allylic oxidation sites excluding steroid dienone is 2. The summed E-state index contributed by atoms with van der Waals surface area (Å²) >= 11 is 0. The Morgan fingerprint density at radius 3 is 2.44 bits per heavy atom. The molecule has 0 saturated heterocycles. The Bertz CT molecular complexity index is 92.6. The van der Waals surface area contributed by atoms with Crippen LogP contribution in [0.1, 0.15) is 33.1 Å². The molecule has 0 spiro atoms. The molecule has 0 N–H and O–H groups in total. The number of rotatable bonds is 4. The normalized spacial score (nSPS) is 17.2. The van der Waals surface area contributed by atoms with Crippen LogP contribution in [-0.4, -0.2) is 0 Å². The van der Waals surface area contributed by atoms with E-state index in [1.54, 1.807) is 0 Å². The number of hydrogen-bond donors (Lipinski definition) is 0. The van der Waals surface area contributed by atoms with Crippen molar-refractivity contribution >= 4 is 0 Å². The Hall–Kier alpha value is -0.260. The van der Waals surface area contributed by atoms with Gasteiger partial charge in [0.1, 0.15) is 0 Å². The smallest absolute Gasteiger partial charge is 0.00531 e. The molecular weight excluding hydrogens is 108 g/mol. The van der Waals surface area contributed by atoms with Gasteiger partial charge >= 0.3 is 0 Å². The molecule has 0 aromatic rings. The molecule has 0 heterocycles. The van der Waals surface area contributed by atoms with Crippen molar-refractivity contribution in [3.8, 4) is 0 Å². The first-order chi connectivity index (χ1) is 4.29. The predicted molar refractivity (Wildman–Crippen MR) is 41.3 cm³/mol. The predicted octanol–water partition coefficient (Wildman–Crippen LogP) is 3.00. The van der Waals surface area contributed by atoms with Gasteiger partial charge in [-0.15, -0.1) is 0 Å². The van der Waals surface area contributed by atoms with Crippen molar-refractivity contribution < 1.29 is 0 Å². The molecule has 0 atom stereocenters. The molecule has 52 valence electrons. The van der Waals surface area contributed by atoms with Crippen molar-refractivity contribution in [1.82, 2.24) is 0 Å². The summed E-state index contributed by atoms with van der Waals surface area (Å²) in [5.41, 5.74) is 0. The zero-order valence-electron chi connectivity index (χ0n) is 6.43. The van der Waals surface area contributed by atoms with Gasteiger partial charge in [-0.3, -0.25) is 0 Å². The molecule has 0 aliphatic heterocycles. The van der Waals surface area contributed by atoms with E-state index >= 15 is 0 Å². The third-order valence-electron chi connectivity index (χ3n) is 1.78. The van der Waals surface area contributed by atoms with Gasteiger partial charge in [-0.05, 0) is 18.3 Å². The molecule has 0 aromatic heterocycles. The lowest BCUT2D eigenvalue weighted by molar-refractivity contribution is 0.529. The van der Waals surface area contributed by atoms with E-state index < -0.39 is 0 Å². The van der Waals surface area contributed by atoms with Crippen LogP contribution in [0.25, 0.3) is 0 Å². The second-order valence-corrected chi connectivity index (χ2v) is 3.37. The summed E-state index contributed by atoms with van der Waals surface area (Å²) in [7, 11) is 0. The minimum Gasteiger partial charge on any atom is -0.0810 e. The summed E-state index contributed by atoms with van der Waals surface area (Å²) in [4.78, 5) is 0. The van der Waals surface area contributed by atoms with Gasteiger partial charge in [0, 0.05) is 0 Å². The molecule has 0 amide bonds. The highest BCUT2D eigenvalue weighted by molar-refractivity contribution is 5.12. The fourth-order valence-electron chi connectivity index (χ4n) is 1.03. The Kier molecular flexibility index (Phi) is 2.32. The first kappa shape index (κ1) is 6.85. The molecule has 1 aliphatic rings. The van der Waals surface area contributed by atoms with Crippen molar-refractivity contribution in [2.45, 2.75) is 33.1 Å². The summed E-state index contributed by atoms with van der Waals surface area (Å²) in [6, 6.07) is 0. The largest absolute Gasteiger partial charge is 0.0810 e. The van der Waals surface area contributed by atoms with Gasteiger partial charge in [-0.1, -0.05) is 38.8 Å². The van der Waals surface area contributed by atoms with Gasteiger partial charge in [-0.2, -0.15) is 0 Å². The second-order valence-electron chi connectivity index (χ2n) is 3.37. The van der Waals surface area contributed by atoms with Crippen LogP contribution in [0.3, 0.4) is 0 Å². The van der Waals surface area contributed by atoms with Crippen molar-refractivity contribution in [3.63, 3.8) is 0 Å². The maximum absolute atomic E-state index is 2.29. The van der Waals surface area contributed by atoms with Gasteiger partial charge in [0.15, 0.2) is 0 Å². The quantitative estimate of drug-likeness (QED) is 0.505. The van der Waals surface area contributed by atoms with Crippen molar-refractivity contribution in [2.24, 2.45) is 11.8 Å². The zero-order chi connectivity index (χ0) is 6.69. The van der Waals surface area contributed by atoms with E-state index in [9.17, 15) is 0 Å². The van der Waals surface area contributed by atoms with Crippen LogP contribution in [0.4, 0.5) is 0 Å². The molecule has 0 unspecified atom stereocenters. The van der Waals surface area contributed by atoms with Crippen LogP contribution >= 0.6 is 0 Å². The maximum atomic E-state index is 2.29. The summed E-state index contributed by atoms with van der Waals surface area (Å²) in [6.45, 7) is 4.58. The first-order valence-electron chi connectivity index (χ1n) is 3.97. The molecule has 0 bridgehead atoms. The third-order valence-corrected chi connectivity index (χ3v) is 1.78. The van der Waals surface area contributed by atoms with E-state index in [0.717, 1.165) is 11.8 Å². The summed E-state index contributed by atoms with van der Waals surface area (Å²) in [5.74, 6) is 1.78. The van der Waals surface area contributed by atoms with Crippen LogP contribution in [0.15, 0.2) is 12.2 Å². The highest BCUT2D eigenvalue weighted by Crippen LogP contribution is 2.23. The summed E-state index contributed by atoms with van der Waals surface area (Å²) in [6.07, 6.45) is 8.80. The van der Waals surface area contributed by atoms with Crippen LogP contribution in [0.2, 0.25) is 0 Å². The van der Waals surface area contributed by atoms with E-state index in [2.05, 4.69) is 26.0 Å². The second kappa shape index (κ2) is 3.05. The van der Waals surface area contributed by atoms with Gasteiger partial charge < -0.3 is 0 Å². The zero-order valence-corrected chi connectivity index (χ0v) is 6.43. The van der Waals surface area contributed by atoms with Crippen LogP contribution < -0.4 is 0 Å². The Morgan fingerprint density at radius 2 is 2.00 bits per heavy atom. The van der Waals surface area contributed by atoms with Crippen molar-refractivity contribution in [3.05, 3.63) is 12.2 Å². The van der Waals surface area contributed by atoms with E-state index in [1.165, 1.54) is 19.3 Å². The van der Waals surface area contributed by atoms with Crippen LogP contribution in [-0.2, 0) is 0 Å². The van der Waals surface area contributed by atoms with Crippen LogP contribution in [0, 0.1) is 11.8 Å². The van der Waals surface area contributed by atoms with Gasteiger partial charge in [0.2, 0.25) is 0 Å². The van der Waals surface area contributed by atoms with E-state index in [4.69, 9.17) is 0 Å². The molecule has 0 heteroatoms. The molecule has 0 radical (unpaired) electrons. The standard InChI is InChI=1S/C9H16/c1-8(2)4-3-5-9-6-7-9/h6-9H,3-5H2,1-2H3. The highest BCUT2D eigenvalue weighted by Gasteiger charge is 2.09. The molecule has 0 nitrogen and oxygen atoms in total. The summed E-state index contributed by atoms with van der Waals surface area (Å²) < 4.78 is 0. The van der Waals surface area contributed by atoms with Crippen LogP contribution in [0.5, 0.6) is 0 Å². The average molecular weight is 124 g/mol. The topological polar surface area (TPSA) is 0 Å². The van der Waals surface area contributed by atoms with Crippen molar-refractivity contribution in [2.75, 3.05) is 0 Å². The molecular formula is C9H16. The number of hydrogen-bond acceptors (Lipinski definition) is 0. The molecule has 1 rings (SSSR count). The minimum absolute atomic E-state index is 0.892. The molecule has 1 aliphatic carbocycles. The fourth-order valence-corrected chi connectivity index (χ4v) is 1.03. The first-order valence-corrected chi connectivity index (χ1v) is 3.97. The van der Waals surface area contributed by atoms with E-state index in [1.807, 2.05) is 0 Å². The van der Waals surface area contributed by atoms with Crippen molar-refractivity contribution in [1.29, 1.82) is 0 Å². The van der Waals surface area contributed by atoms with E-state index in [0.29, 0.717) is 0 Å². The lowest BCUT2D eigenvalue weighted by atomic mass is 10.0. The van der Waals surface area contributed by atoms with E-state index in [-0.39, 0.29) is 0 Å². The molecule has 0 saturated carbocycles. The maximum Gasteiger partial charge on any atom is -0.00531 e. The fraction of sp³-hybridized carbons (Fsp3) is 0.778. The Labute approximate surface area is 58.0 Å². The lowest BCUT2D eigenvalue weighted by Crippen LogP contribution is -1.87. The van der Waals surface area contributed by atoms with Gasteiger partial charge in [0.05, 0.1) is 0 Å². The molecule has 9 heavy (non-hydrogen) atoms. The van der Waals surface area contributed by atoms with Gasteiger partial charge in [0.25, 0.3) is 0 Å². The lowest BCUT2D eigenvalue weighted by Gasteiger charge is -2.01. The monoisotopic (exact) mass is 124 g/mol. The highest BCUT2D eigenvalue weighted by atomic mass is 14.1. The third kappa shape index (κ3) is 3.34. The summed E-state index contributed by atoms with van der Waals surface area (Å²) in [5, 5.41) is 0. The minimum atomic E-state index is 0.892. The van der Waals surface area contributed by atoms with Gasteiger partial charge in [-0.25, -0.2) is 0 Å². The SMILES string of the molecule is CC(C)CCCC1C=C1.